The molecule has 2 aromatic carbocycles. The summed E-state index contributed by atoms with van der Waals surface area (Å²) >= 11 is 0. The van der Waals surface area contributed by atoms with Crippen LogP contribution >= 0.6 is 0 Å². The van der Waals surface area contributed by atoms with Gasteiger partial charge in [0, 0.05) is 16.5 Å². The third kappa shape index (κ3) is 1.91. The normalized spacial score (nSPS) is 11.0. The number of para-hydroxylation sites is 1. The smallest absolute Gasteiger partial charge is 0.297 e. The monoisotopic (exact) mass is 279 g/mol. The summed E-state index contributed by atoms with van der Waals surface area (Å²) in [7, 11) is 0. The predicted molar refractivity (Wildman–Crippen MR) is 75.9 cm³/mol. The number of aromatic amines is 1. The fourth-order valence-corrected chi connectivity index (χ4v) is 2.25. The molecule has 7 nitrogen and oxygen atoms in total. The van der Waals surface area contributed by atoms with Crippen LogP contribution in [-0.4, -0.2) is 26.5 Å². The summed E-state index contributed by atoms with van der Waals surface area (Å²) in [6.07, 6.45) is 0. The van der Waals surface area contributed by atoms with Crippen LogP contribution in [0, 0.1) is 0 Å². The van der Waals surface area contributed by atoms with Crippen molar-refractivity contribution in [3.63, 3.8) is 0 Å². The topological polar surface area (TPSA) is 96.7 Å². The maximum absolute atomic E-state index is 11.9. The summed E-state index contributed by atoms with van der Waals surface area (Å²) in [4.78, 5) is 11.9. The Morgan fingerprint density at radius 2 is 1.95 bits per heavy atom. The lowest BCUT2D eigenvalue weighted by molar-refractivity contribution is 0.101. The Labute approximate surface area is 117 Å². The highest BCUT2D eigenvalue weighted by Crippen LogP contribution is 2.30. The number of benzene rings is 2. The summed E-state index contributed by atoms with van der Waals surface area (Å²) in [6, 6.07) is 13.2. The molecule has 0 aliphatic rings. The Morgan fingerprint density at radius 3 is 2.81 bits per heavy atom. The maximum Gasteiger partial charge on any atom is 0.297 e. The summed E-state index contributed by atoms with van der Waals surface area (Å²) in [6.45, 7) is 0. The minimum atomic E-state index is -0.420. The van der Waals surface area contributed by atoms with E-state index in [-0.39, 0.29) is 5.82 Å². The molecule has 0 aliphatic heterocycles. The van der Waals surface area contributed by atoms with E-state index < -0.39 is 5.91 Å². The Bertz CT molecular complexity index is 942. The van der Waals surface area contributed by atoms with E-state index in [9.17, 15) is 4.79 Å². The first-order valence-corrected chi connectivity index (χ1v) is 6.27. The van der Waals surface area contributed by atoms with Crippen LogP contribution in [0.2, 0.25) is 0 Å². The highest BCUT2D eigenvalue weighted by molar-refractivity contribution is 6.08. The Hall–Kier alpha value is -3.22. The molecule has 0 fully saturated rings. The number of carbonyl (C=O) groups excluding carboxylic acids is 1. The molecule has 0 aliphatic carbocycles. The van der Waals surface area contributed by atoms with Crippen molar-refractivity contribution in [3.8, 4) is 0 Å². The van der Waals surface area contributed by atoms with Crippen LogP contribution in [0.3, 0.4) is 0 Å². The van der Waals surface area contributed by atoms with Gasteiger partial charge in [-0.15, -0.1) is 10.2 Å². The number of hydrogen-bond donors (Lipinski definition) is 2. The molecule has 7 heteroatoms. The van der Waals surface area contributed by atoms with Gasteiger partial charge in [-0.3, -0.25) is 4.79 Å². The lowest BCUT2D eigenvalue weighted by Gasteiger charge is -2.01. The Kier molecular flexibility index (Phi) is 2.43. The van der Waals surface area contributed by atoms with Crippen LogP contribution in [0.4, 0.5) is 5.69 Å². The van der Waals surface area contributed by atoms with Gasteiger partial charge in [-0.25, -0.2) is 0 Å². The highest BCUT2D eigenvalue weighted by atomic mass is 16.3. The molecule has 21 heavy (non-hydrogen) atoms. The molecule has 2 heterocycles. The largest absolute Gasteiger partial charge is 0.456 e. The van der Waals surface area contributed by atoms with Gasteiger partial charge in [0.25, 0.3) is 11.7 Å². The van der Waals surface area contributed by atoms with E-state index in [2.05, 4.69) is 25.9 Å². The second-order valence-electron chi connectivity index (χ2n) is 4.50. The van der Waals surface area contributed by atoms with Gasteiger partial charge >= 0.3 is 0 Å². The van der Waals surface area contributed by atoms with E-state index in [0.717, 1.165) is 21.9 Å². The average Bonchev–Trinajstić information content (AvgIpc) is 3.14. The number of carbonyl (C=O) groups is 1. The molecule has 2 aromatic heterocycles. The van der Waals surface area contributed by atoms with Crippen molar-refractivity contribution in [2.24, 2.45) is 0 Å². The van der Waals surface area contributed by atoms with Gasteiger partial charge in [-0.1, -0.05) is 18.2 Å². The van der Waals surface area contributed by atoms with Crippen LogP contribution in [0.1, 0.15) is 10.6 Å². The van der Waals surface area contributed by atoms with E-state index in [1.165, 1.54) is 0 Å². The molecule has 0 spiro atoms. The van der Waals surface area contributed by atoms with E-state index in [1.807, 2.05) is 36.4 Å². The zero-order chi connectivity index (χ0) is 14.2. The Balaban J connectivity index is 1.76. The second kappa shape index (κ2) is 4.41. The zero-order valence-electron chi connectivity index (χ0n) is 10.7. The molecular formula is C14H9N5O2. The van der Waals surface area contributed by atoms with E-state index in [0.29, 0.717) is 5.69 Å². The number of fused-ring (bicyclic) bond motifs is 3. The third-order valence-corrected chi connectivity index (χ3v) is 3.18. The first kappa shape index (κ1) is 11.6. The predicted octanol–water partition coefficient (Wildman–Crippen LogP) is 2.35. The number of nitrogens with zero attached hydrogens (tertiary/aromatic N) is 3. The number of rotatable bonds is 2. The molecule has 0 atom stereocenters. The van der Waals surface area contributed by atoms with E-state index in [4.69, 9.17) is 4.42 Å². The molecular weight excluding hydrogens is 270 g/mol. The van der Waals surface area contributed by atoms with Gasteiger partial charge in [0.2, 0.25) is 0 Å². The lowest BCUT2D eigenvalue weighted by Crippen LogP contribution is -2.13. The SMILES string of the molecule is O=C(Nc1ccc2oc3ccccc3c2c1)c1nn[nH]n1. The summed E-state index contributed by atoms with van der Waals surface area (Å²) in [5.41, 5.74) is 2.23. The molecule has 4 aromatic rings. The molecule has 1 amide bonds. The fraction of sp³-hybridized carbons (Fsp3) is 0. The van der Waals surface area contributed by atoms with Crippen molar-refractivity contribution >= 4 is 33.5 Å². The van der Waals surface area contributed by atoms with Gasteiger partial charge in [-0.2, -0.15) is 5.21 Å². The van der Waals surface area contributed by atoms with Crippen molar-refractivity contribution < 1.29 is 9.21 Å². The van der Waals surface area contributed by atoms with Crippen molar-refractivity contribution in [1.82, 2.24) is 20.6 Å². The van der Waals surface area contributed by atoms with Crippen molar-refractivity contribution in [1.29, 1.82) is 0 Å². The van der Waals surface area contributed by atoms with Crippen LogP contribution in [0.5, 0.6) is 0 Å². The van der Waals surface area contributed by atoms with E-state index >= 15 is 0 Å². The number of anilines is 1. The number of hydrogen-bond acceptors (Lipinski definition) is 5. The van der Waals surface area contributed by atoms with Gasteiger partial charge < -0.3 is 9.73 Å². The summed E-state index contributed by atoms with van der Waals surface area (Å²) in [5.74, 6) is -0.428. The molecule has 4 rings (SSSR count). The first-order valence-electron chi connectivity index (χ1n) is 6.27. The third-order valence-electron chi connectivity index (χ3n) is 3.18. The standard InChI is InChI=1S/C14H9N5O2/c20-14(13-16-18-19-17-13)15-8-5-6-12-10(7-8)9-3-1-2-4-11(9)21-12/h1-7H,(H,15,20)(H,16,17,18,19). The quantitative estimate of drug-likeness (QED) is 0.587. The lowest BCUT2D eigenvalue weighted by atomic mass is 10.1. The number of H-pyrrole nitrogens is 1. The minimum absolute atomic E-state index is 0.00727. The molecule has 0 radical (unpaired) electrons. The van der Waals surface area contributed by atoms with Crippen LogP contribution in [0.25, 0.3) is 21.9 Å². The number of aromatic nitrogens is 4. The average molecular weight is 279 g/mol. The molecule has 0 saturated carbocycles. The van der Waals surface area contributed by atoms with Crippen LogP contribution in [0.15, 0.2) is 46.9 Å². The van der Waals surface area contributed by atoms with Gasteiger partial charge in [0.1, 0.15) is 11.2 Å². The number of nitrogens with one attached hydrogen (secondary N) is 2. The molecule has 102 valence electrons. The number of tetrazole rings is 1. The summed E-state index contributed by atoms with van der Waals surface area (Å²) < 4.78 is 5.73. The molecule has 0 saturated heterocycles. The van der Waals surface area contributed by atoms with Crippen LogP contribution in [-0.2, 0) is 0 Å². The molecule has 2 N–H and O–H groups in total. The van der Waals surface area contributed by atoms with Crippen molar-refractivity contribution in [2.45, 2.75) is 0 Å². The van der Waals surface area contributed by atoms with Gasteiger partial charge in [0.15, 0.2) is 0 Å². The molecule has 0 bridgehead atoms. The number of furan rings is 1. The fourth-order valence-electron chi connectivity index (χ4n) is 2.25. The maximum atomic E-state index is 11.9. The minimum Gasteiger partial charge on any atom is -0.456 e. The van der Waals surface area contributed by atoms with Gasteiger partial charge in [-0.05, 0) is 29.5 Å². The first-order chi connectivity index (χ1) is 10.3. The Morgan fingerprint density at radius 1 is 1.10 bits per heavy atom. The zero-order valence-corrected chi connectivity index (χ0v) is 10.7. The van der Waals surface area contributed by atoms with Crippen LogP contribution < -0.4 is 5.32 Å². The second-order valence-corrected chi connectivity index (χ2v) is 4.50. The van der Waals surface area contributed by atoms with Crippen molar-refractivity contribution in [2.75, 3.05) is 5.32 Å². The highest BCUT2D eigenvalue weighted by Gasteiger charge is 2.12. The van der Waals surface area contributed by atoms with E-state index in [1.54, 1.807) is 6.07 Å². The molecule has 0 unspecified atom stereocenters. The summed E-state index contributed by atoms with van der Waals surface area (Å²) in [5, 5.41) is 17.5. The number of amides is 1. The van der Waals surface area contributed by atoms with Crippen molar-refractivity contribution in [3.05, 3.63) is 48.3 Å². The van der Waals surface area contributed by atoms with Gasteiger partial charge in [0.05, 0.1) is 0 Å².